The molecule has 0 spiro atoms. The number of nitriles is 1. The van der Waals surface area contributed by atoms with Gasteiger partial charge in [0.2, 0.25) is 5.91 Å². The van der Waals surface area contributed by atoms with Crippen LogP contribution in [0.25, 0.3) is 0 Å². The number of carbonyl (C=O) groups is 1. The minimum atomic E-state index is 0.0890. The second-order valence-electron chi connectivity index (χ2n) is 6.66. The van der Waals surface area contributed by atoms with Crippen molar-refractivity contribution in [3.63, 3.8) is 0 Å². The smallest absolute Gasteiger partial charge is 0.220 e. The van der Waals surface area contributed by atoms with Gasteiger partial charge >= 0.3 is 0 Å². The molecule has 20 heavy (non-hydrogen) atoms. The predicted molar refractivity (Wildman–Crippen MR) is 80.9 cm³/mol. The fourth-order valence-electron chi connectivity index (χ4n) is 2.40. The molecule has 1 N–H and O–H groups in total. The van der Waals surface area contributed by atoms with Crippen LogP contribution in [0, 0.1) is 22.7 Å². The van der Waals surface area contributed by atoms with Gasteiger partial charge in [0.25, 0.3) is 0 Å². The van der Waals surface area contributed by atoms with E-state index in [0.29, 0.717) is 24.4 Å². The SMILES string of the molecule is CC(CC(=O)NCc1ccc(C#N)cc1)CC(C)(C)C. The van der Waals surface area contributed by atoms with Gasteiger partial charge in [0.15, 0.2) is 0 Å². The Morgan fingerprint density at radius 3 is 2.40 bits per heavy atom. The minimum Gasteiger partial charge on any atom is -0.352 e. The van der Waals surface area contributed by atoms with Gasteiger partial charge in [-0.3, -0.25) is 4.79 Å². The predicted octanol–water partition coefficient (Wildman–Crippen LogP) is 3.64. The van der Waals surface area contributed by atoms with Crippen LogP contribution in [-0.2, 0) is 11.3 Å². The lowest BCUT2D eigenvalue weighted by atomic mass is 9.84. The molecule has 0 heterocycles. The molecule has 3 nitrogen and oxygen atoms in total. The second-order valence-corrected chi connectivity index (χ2v) is 6.66. The van der Waals surface area contributed by atoms with Crippen LogP contribution in [0.3, 0.4) is 0 Å². The largest absolute Gasteiger partial charge is 0.352 e. The number of nitrogens with zero attached hydrogens (tertiary/aromatic N) is 1. The zero-order valence-corrected chi connectivity index (χ0v) is 12.9. The third-order valence-electron chi connectivity index (χ3n) is 3.07. The first-order valence-electron chi connectivity index (χ1n) is 7.06. The van der Waals surface area contributed by atoms with E-state index in [2.05, 4.69) is 39.1 Å². The number of hydrogen-bond donors (Lipinski definition) is 1. The molecular formula is C17H24N2O. The number of amides is 1. The lowest BCUT2D eigenvalue weighted by Crippen LogP contribution is -2.25. The molecule has 0 aliphatic rings. The maximum atomic E-state index is 11.9. The molecule has 0 aliphatic heterocycles. The summed E-state index contributed by atoms with van der Waals surface area (Å²) in [6.45, 7) is 9.22. The number of benzene rings is 1. The summed E-state index contributed by atoms with van der Waals surface area (Å²) in [5.41, 5.74) is 1.91. The van der Waals surface area contributed by atoms with Crippen LogP contribution in [0.15, 0.2) is 24.3 Å². The van der Waals surface area contributed by atoms with Crippen LogP contribution in [0.1, 0.15) is 51.7 Å². The number of carbonyl (C=O) groups excluding carboxylic acids is 1. The van der Waals surface area contributed by atoms with E-state index >= 15 is 0 Å². The molecular weight excluding hydrogens is 248 g/mol. The van der Waals surface area contributed by atoms with Crippen molar-refractivity contribution in [1.82, 2.24) is 5.32 Å². The summed E-state index contributed by atoms with van der Waals surface area (Å²) in [5.74, 6) is 0.474. The van der Waals surface area contributed by atoms with Crippen LogP contribution in [0.4, 0.5) is 0 Å². The van der Waals surface area contributed by atoms with Crippen molar-refractivity contribution < 1.29 is 4.79 Å². The second kappa shape index (κ2) is 7.09. The molecule has 3 heteroatoms. The Bertz CT molecular complexity index is 477. The van der Waals surface area contributed by atoms with E-state index in [4.69, 9.17) is 5.26 Å². The average Bonchev–Trinajstić information content (AvgIpc) is 2.34. The number of hydrogen-bond acceptors (Lipinski definition) is 2. The van der Waals surface area contributed by atoms with E-state index in [0.717, 1.165) is 12.0 Å². The van der Waals surface area contributed by atoms with Crippen LogP contribution in [-0.4, -0.2) is 5.91 Å². The Balaban J connectivity index is 2.37. The molecule has 108 valence electrons. The van der Waals surface area contributed by atoms with Gasteiger partial charge in [-0.1, -0.05) is 39.8 Å². The summed E-state index contributed by atoms with van der Waals surface area (Å²) in [7, 11) is 0. The zero-order valence-electron chi connectivity index (χ0n) is 12.9. The average molecular weight is 272 g/mol. The highest BCUT2D eigenvalue weighted by Gasteiger charge is 2.17. The molecule has 0 saturated heterocycles. The lowest BCUT2D eigenvalue weighted by molar-refractivity contribution is -0.122. The van der Waals surface area contributed by atoms with E-state index < -0.39 is 0 Å². The fourth-order valence-corrected chi connectivity index (χ4v) is 2.40. The molecule has 0 aromatic heterocycles. The summed E-state index contributed by atoms with van der Waals surface area (Å²) in [5, 5.41) is 11.7. The Morgan fingerprint density at radius 2 is 1.90 bits per heavy atom. The van der Waals surface area contributed by atoms with E-state index in [1.807, 2.05) is 12.1 Å². The molecule has 0 bridgehead atoms. The normalized spacial score (nSPS) is 12.6. The highest BCUT2D eigenvalue weighted by molar-refractivity contribution is 5.76. The molecule has 0 radical (unpaired) electrons. The molecule has 1 aromatic rings. The third kappa shape index (κ3) is 6.38. The first-order valence-corrected chi connectivity index (χ1v) is 7.06. The van der Waals surface area contributed by atoms with E-state index in [1.165, 1.54) is 0 Å². The fraction of sp³-hybridized carbons (Fsp3) is 0.529. The van der Waals surface area contributed by atoms with E-state index in [-0.39, 0.29) is 11.3 Å². The van der Waals surface area contributed by atoms with E-state index in [1.54, 1.807) is 12.1 Å². The van der Waals surface area contributed by atoms with Crippen molar-refractivity contribution in [1.29, 1.82) is 5.26 Å². The first kappa shape index (κ1) is 16.2. The van der Waals surface area contributed by atoms with Gasteiger partial charge in [0, 0.05) is 13.0 Å². The summed E-state index contributed by atoms with van der Waals surface area (Å²) in [4.78, 5) is 11.9. The first-order chi connectivity index (χ1) is 9.30. The molecule has 1 rings (SSSR count). The Hall–Kier alpha value is -1.82. The summed E-state index contributed by atoms with van der Waals surface area (Å²) < 4.78 is 0. The Labute approximate surface area is 122 Å². The number of rotatable bonds is 5. The van der Waals surface area contributed by atoms with E-state index in [9.17, 15) is 4.79 Å². The van der Waals surface area contributed by atoms with Crippen molar-refractivity contribution in [2.24, 2.45) is 11.3 Å². The Kier molecular flexibility index (Phi) is 5.76. The van der Waals surface area contributed by atoms with Crippen molar-refractivity contribution in [2.45, 2.75) is 47.1 Å². The molecule has 0 fully saturated rings. The van der Waals surface area contributed by atoms with Gasteiger partial charge in [-0.25, -0.2) is 0 Å². The van der Waals surface area contributed by atoms with Crippen molar-refractivity contribution >= 4 is 5.91 Å². The van der Waals surface area contributed by atoms with Crippen LogP contribution >= 0.6 is 0 Å². The molecule has 1 amide bonds. The van der Waals surface area contributed by atoms with Gasteiger partial charge in [-0.05, 0) is 35.4 Å². The molecule has 1 unspecified atom stereocenters. The molecule has 0 saturated carbocycles. The van der Waals surface area contributed by atoms with Gasteiger partial charge in [0.1, 0.15) is 0 Å². The quantitative estimate of drug-likeness (QED) is 0.889. The summed E-state index contributed by atoms with van der Waals surface area (Å²) in [6.07, 6.45) is 1.60. The third-order valence-corrected chi connectivity index (χ3v) is 3.07. The van der Waals surface area contributed by atoms with Crippen molar-refractivity contribution in [2.75, 3.05) is 0 Å². The topological polar surface area (TPSA) is 52.9 Å². The maximum Gasteiger partial charge on any atom is 0.220 e. The van der Waals surface area contributed by atoms with Crippen LogP contribution in [0.2, 0.25) is 0 Å². The van der Waals surface area contributed by atoms with Gasteiger partial charge in [-0.2, -0.15) is 5.26 Å². The van der Waals surface area contributed by atoms with Crippen molar-refractivity contribution in [3.05, 3.63) is 35.4 Å². The van der Waals surface area contributed by atoms with Crippen LogP contribution < -0.4 is 5.32 Å². The summed E-state index contributed by atoms with van der Waals surface area (Å²) >= 11 is 0. The van der Waals surface area contributed by atoms with Crippen LogP contribution in [0.5, 0.6) is 0 Å². The highest BCUT2D eigenvalue weighted by Crippen LogP contribution is 2.25. The minimum absolute atomic E-state index is 0.0890. The zero-order chi connectivity index (χ0) is 15.2. The molecule has 1 aromatic carbocycles. The summed E-state index contributed by atoms with van der Waals surface area (Å²) in [6, 6.07) is 9.36. The molecule has 1 atom stereocenters. The number of nitrogens with one attached hydrogen (secondary N) is 1. The van der Waals surface area contributed by atoms with Gasteiger partial charge in [0.05, 0.1) is 11.6 Å². The lowest BCUT2D eigenvalue weighted by Gasteiger charge is -2.22. The van der Waals surface area contributed by atoms with Gasteiger partial charge in [-0.15, -0.1) is 0 Å². The maximum absolute atomic E-state index is 11.9. The standard InChI is InChI=1S/C17H24N2O/c1-13(10-17(2,3)4)9-16(20)19-12-15-7-5-14(11-18)6-8-15/h5-8,13H,9-10,12H2,1-4H3,(H,19,20). The molecule has 0 aliphatic carbocycles. The monoisotopic (exact) mass is 272 g/mol. The highest BCUT2D eigenvalue weighted by atomic mass is 16.1. The Morgan fingerprint density at radius 1 is 1.30 bits per heavy atom. The van der Waals surface area contributed by atoms with Gasteiger partial charge < -0.3 is 5.32 Å². The van der Waals surface area contributed by atoms with Crippen molar-refractivity contribution in [3.8, 4) is 6.07 Å².